The molecule has 2 nitrogen and oxygen atoms in total. The highest BCUT2D eigenvalue weighted by Crippen LogP contribution is 2.34. The standard InChI is InChI=1S/C16H25FN2S/c1-12(18)11-13-5-4-6-14(17)15(13)19-8-7-16(2,3)20-10-9-19/h4-6,12H,7-11,18H2,1-3H3. The van der Waals surface area contributed by atoms with Crippen LogP contribution in [0.5, 0.6) is 0 Å². The molecule has 0 spiro atoms. The maximum atomic E-state index is 14.3. The minimum atomic E-state index is -0.118. The van der Waals surface area contributed by atoms with E-state index in [1.165, 1.54) is 0 Å². The molecule has 1 aromatic carbocycles. The summed E-state index contributed by atoms with van der Waals surface area (Å²) in [6.45, 7) is 8.32. The zero-order chi connectivity index (χ0) is 14.8. The van der Waals surface area contributed by atoms with Crippen molar-refractivity contribution in [2.24, 2.45) is 5.73 Å². The number of rotatable bonds is 3. The fourth-order valence-electron chi connectivity index (χ4n) is 2.67. The summed E-state index contributed by atoms with van der Waals surface area (Å²) < 4.78 is 14.6. The van der Waals surface area contributed by atoms with Crippen molar-refractivity contribution in [3.8, 4) is 0 Å². The van der Waals surface area contributed by atoms with Gasteiger partial charge in [0, 0.05) is 29.6 Å². The molecule has 1 saturated heterocycles. The zero-order valence-corrected chi connectivity index (χ0v) is 13.5. The molecule has 0 radical (unpaired) electrons. The van der Waals surface area contributed by atoms with Crippen LogP contribution in [0, 0.1) is 5.82 Å². The minimum absolute atomic E-state index is 0.0494. The molecule has 1 atom stereocenters. The van der Waals surface area contributed by atoms with E-state index in [0.717, 1.165) is 42.9 Å². The Hall–Kier alpha value is -0.740. The Bertz CT molecular complexity index is 460. The first-order valence-electron chi connectivity index (χ1n) is 7.31. The number of nitrogens with zero attached hydrogens (tertiary/aromatic N) is 1. The Morgan fingerprint density at radius 3 is 2.85 bits per heavy atom. The molecule has 1 unspecified atom stereocenters. The molecule has 0 aromatic heterocycles. The van der Waals surface area contributed by atoms with Crippen molar-refractivity contribution in [1.29, 1.82) is 0 Å². The quantitative estimate of drug-likeness (QED) is 0.926. The zero-order valence-electron chi connectivity index (χ0n) is 12.7. The Kier molecular flexibility index (Phi) is 4.97. The molecule has 0 aliphatic carbocycles. The molecular formula is C16H25FN2S. The van der Waals surface area contributed by atoms with Gasteiger partial charge in [0.05, 0.1) is 5.69 Å². The first kappa shape index (κ1) is 15.6. The summed E-state index contributed by atoms with van der Waals surface area (Å²) in [5.41, 5.74) is 7.70. The molecule has 112 valence electrons. The van der Waals surface area contributed by atoms with E-state index >= 15 is 0 Å². The van der Waals surface area contributed by atoms with Crippen LogP contribution in [0.4, 0.5) is 10.1 Å². The molecule has 1 aliphatic rings. The summed E-state index contributed by atoms with van der Waals surface area (Å²) in [4.78, 5) is 2.20. The van der Waals surface area contributed by atoms with Gasteiger partial charge in [-0.2, -0.15) is 11.8 Å². The average Bonchev–Trinajstić information content (AvgIpc) is 2.50. The number of hydrogen-bond donors (Lipinski definition) is 1. The van der Waals surface area contributed by atoms with Crippen molar-refractivity contribution in [3.63, 3.8) is 0 Å². The van der Waals surface area contributed by atoms with E-state index in [2.05, 4.69) is 18.7 Å². The van der Waals surface area contributed by atoms with Crippen LogP contribution in [0.3, 0.4) is 0 Å². The van der Waals surface area contributed by atoms with Gasteiger partial charge in [-0.05, 0) is 31.4 Å². The Morgan fingerprint density at radius 1 is 1.40 bits per heavy atom. The lowest BCUT2D eigenvalue weighted by Crippen LogP contribution is -2.30. The topological polar surface area (TPSA) is 29.3 Å². The number of hydrogen-bond acceptors (Lipinski definition) is 3. The van der Waals surface area contributed by atoms with Gasteiger partial charge in [-0.15, -0.1) is 0 Å². The molecule has 0 bridgehead atoms. The number of halogens is 1. The number of para-hydroxylation sites is 1. The second-order valence-corrected chi connectivity index (χ2v) is 8.08. The molecule has 1 fully saturated rings. The van der Waals surface area contributed by atoms with Crippen LogP contribution in [0.1, 0.15) is 32.8 Å². The van der Waals surface area contributed by atoms with Crippen LogP contribution in [0.15, 0.2) is 18.2 Å². The van der Waals surface area contributed by atoms with Crippen LogP contribution < -0.4 is 10.6 Å². The van der Waals surface area contributed by atoms with Gasteiger partial charge in [-0.3, -0.25) is 0 Å². The Balaban J connectivity index is 2.27. The van der Waals surface area contributed by atoms with Gasteiger partial charge < -0.3 is 10.6 Å². The largest absolute Gasteiger partial charge is 0.368 e. The first-order chi connectivity index (χ1) is 9.39. The molecule has 4 heteroatoms. The third kappa shape index (κ3) is 3.89. The molecular weight excluding hydrogens is 271 g/mol. The first-order valence-corrected chi connectivity index (χ1v) is 8.29. The molecule has 1 aliphatic heterocycles. The number of benzene rings is 1. The lowest BCUT2D eigenvalue weighted by atomic mass is 10.0. The SMILES string of the molecule is CC(N)Cc1cccc(F)c1N1CCSC(C)(C)CC1. The van der Waals surface area contributed by atoms with Crippen LogP contribution in [0.2, 0.25) is 0 Å². The summed E-state index contributed by atoms with van der Waals surface area (Å²) in [5, 5.41) is 0. The summed E-state index contributed by atoms with van der Waals surface area (Å²) >= 11 is 1.98. The predicted molar refractivity (Wildman–Crippen MR) is 87.1 cm³/mol. The van der Waals surface area contributed by atoms with Crippen LogP contribution >= 0.6 is 11.8 Å². The minimum Gasteiger partial charge on any atom is -0.368 e. The summed E-state index contributed by atoms with van der Waals surface area (Å²) in [6, 6.07) is 5.40. The van der Waals surface area contributed by atoms with E-state index in [9.17, 15) is 4.39 Å². The summed E-state index contributed by atoms with van der Waals surface area (Å²) in [7, 11) is 0. The fourth-order valence-corrected chi connectivity index (χ4v) is 3.77. The van der Waals surface area contributed by atoms with E-state index in [0.29, 0.717) is 0 Å². The number of thioether (sulfide) groups is 1. The summed E-state index contributed by atoms with van der Waals surface area (Å²) in [6.07, 6.45) is 1.80. The molecule has 1 heterocycles. The fraction of sp³-hybridized carbons (Fsp3) is 0.625. The predicted octanol–water partition coefficient (Wildman–Crippen LogP) is 3.44. The average molecular weight is 296 g/mol. The second-order valence-electron chi connectivity index (χ2n) is 6.27. The molecule has 20 heavy (non-hydrogen) atoms. The van der Waals surface area contributed by atoms with Gasteiger partial charge in [0.2, 0.25) is 0 Å². The van der Waals surface area contributed by atoms with Gasteiger partial charge in [0.15, 0.2) is 0 Å². The molecule has 0 saturated carbocycles. The van der Waals surface area contributed by atoms with Crippen LogP contribution in [-0.4, -0.2) is 29.6 Å². The number of nitrogens with two attached hydrogens (primary N) is 1. The number of anilines is 1. The van der Waals surface area contributed by atoms with Crippen molar-refractivity contribution in [2.75, 3.05) is 23.7 Å². The highest BCUT2D eigenvalue weighted by atomic mass is 32.2. The highest BCUT2D eigenvalue weighted by molar-refractivity contribution is 8.00. The monoisotopic (exact) mass is 296 g/mol. The van der Waals surface area contributed by atoms with Crippen molar-refractivity contribution >= 4 is 17.4 Å². The molecule has 2 N–H and O–H groups in total. The maximum Gasteiger partial charge on any atom is 0.146 e. The lowest BCUT2D eigenvalue weighted by molar-refractivity contribution is 0.597. The molecule has 2 rings (SSSR count). The van der Waals surface area contributed by atoms with Gasteiger partial charge in [-0.1, -0.05) is 26.0 Å². The van der Waals surface area contributed by atoms with Crippen LogP contribution in [-0.2, 0) is 6.42 Å². The highest BCUT2D eigenvalue weighted by Gasteiger charge is 2.26. The van der Waals surface area contributed by atoms with Crippen molar-refractivity contribution in [1.82, 2.24) is 0 Å². The smallest absolute Gasteiger partial charge is 0.146 e. The third-order valence-corrected chi connectivity index (χ3v) is 5.14. The van der Waals surface area contributed by atoms with Crippen molar-refractivity contribution < 1.29 is 4.39 Å². The molecule has 1 aromatic rings. The van der Waals surface area contributed by atoms with E-state index in [1.807, 2.05) is 24.8 Å². The van der Waals surface area contributed by atoms with Gasteiger partial charge in [0.1, 0.15) is 5.82 Å². The summed E-state index contributed by atoms with van der Waals surface area (Å²) in [5.74, 6) is 0.923. The van der Waals surface area contributed by atoms with E-state index in [4.69, 9.17) is 5.73 Å². The van der Waals surface area contributed by atoms with E-state index < -0.39 is 0 Å². The van der Waals surface area contributed by atoms with Gasteiger partial charge in [-0.25, -0.2) is 4.39 Å². The van der Waals surface area contributed by atoms with E-state index in [1.54, 1.807) is 12.1 Å². The molecule has 0 amide bonds. The Labute approximate surface area is 125 Å². The maximum absolute atomic E-state index is 14.3. The lowest BCUT2D eigenvalue weighted by Gasteiger charge is -2.27. The second kappa shape index (κ2) is 6.35. The van der Waals surface area contributed by atoms with Crippen LogP contribution in [0.25, 0.3) is 0 Å². The van der Waals surface area contributed by atoms with E-state index in [-0.39, 0.29) is 16.6 Å². The third-order valence-electron chi connectivity index (χ3n) is 3.77. The van der Waals surface area contributed by atoms with Gasteiger partial charge >= 0.3 is 0 Å². The van der Waals surface area contributed by atoms with Gasteiger partial charge in [0.25, 0.3) is 0 Å². The van der Waals surface area contributed by atoms with Crippen molar-refractivity contribution in [3.05, 3.63) is 29.6 Å². The normalized spacial score (nSPS) is 20.6. The van der Waals surface area contributed by atoms with Crippen molar-refractivity contribution in [2.45, 2.75) is 44.4 Å². The Morgan fingerprint density at radius 2 is 2.15 bits per heavy atom.